The van der Waals surface area contributed by atoms with E-state index < -0.39 is 5.97 Å². The summed E-state index contributed by atoms with van der Waals surface area (Å²) < 4.78 is 0. The zero-order valence-electron chi connectivity index (χ0n) is 11.5. The van der Waals surface area contributed by atoms with Crippen LogP contribution >= 0.6 is 0 Å². The van der Waals surface area contributed by atoms with Gasteiger partial charge in [-0.25, -0.2) is 0 Å². The summed E-state index contributed by atoms with van der Waals surface area (Å²) in [5.74, 6) is -0.0523. The van der Waals surface area contributed by atoms with Gasteiger partial charge < -0.3 is 10.0 Å². The molecule has 4 nitrogen and oxygen atoms in total. The van der Waals surface area contributed by atoms with E-state index in [-0.39, 0.29) is 6.42 Å². The van der Waals surface area contributed by atoms with Crippen LogP contribution in [-0.4, -0.2) is 59.6 Å². The normalized spacial score (nSPS) is 27.6. The molecule has 0 saturated carbocycles. The fourth-order valence-corrected chi connectivity index (χ4v) is 2.75. The number of nitrogens with zero attached hydrogens (tertiary/aromatic N) is 2. The van der Waals surface area contributed by atoms with E-state index in [2.05, 4.69) is 37.6 Å². The minimum atomic E-state index is -0.685. The predicted octanol–water partition coefficient (Wildman–Crippen LogP) is 1.51. The van der Waals surface area contributed by atoms with Gasteiger partial charge in [-0.3, -0.25) is 9.69 Å². The lowest BCUT2D eigenvalue weighted by molar-refractivity contribution is -0.137. The molecule has 0 spiro atoms. The fourth-order valence-electron chi connectivity index (χ4n) is 2.75. The Morgan fingerprint density at radius 1 is 1.41 bits per heavy atom. The van der Waals surface area contributed by atoms with E-state index in [1.807, 2.05) is 0 Å². The first kappa shape index (κ1) is 14.5. The number of likely N-dealkylation sites (N-methyl/N-ethyl adjacent to an activating group) is 1. The molecule has 0 radical (unpaired) electrons. The molecule has 0 aromatic rings. The van der Waals surface area contributed by atoms with Crippen molar-refractivity contribution in [1.82, 2.24) is 9.80 Å². The molecule has 17 heavy (non-hydrogen) atoms. The van der Waals surface area contributed by atoms with E-state index in [0.29, 0.717) is 18.0 Å². The largest absolute Gasteiger partial charge is 0.481 e. The zero-order chi connectivity index (χ0) is 13.0. The van der Waals surface area contributed by atoms with E-state index in [0.717, 1.165) is 26.1 Å². The summed E-state index contributed by atoms with van der Waals surface area (Å²) >= 11 is 0. The number of carbonyl (C=O) groups is 1. The van der Waals surface area contributed by atoms with Gasteiger partial charge in [0.05, 0.1) is 0 Å². The number of aliphatic carboxylic acids is 1. The summed E-state index contributed by atoms with van der Waals surface area (Å²) in [4.78, 5) is 15.5. The van der Waals surface area contributed by atoms with Crippen molar-refractivity contribution < 1.29 is 9.90 Å². The van der Waals surface area contributed by atoms with Crippen molar-refractivity contribution in [2.24, 2.45) is 5.92 Å². The van der Waals surface area contributed by atoms with Crippen molar-refractivity contribution in [2.45, 2.75) is 45.7 Å². The maximum atomic E-state index is 10.7. The van der Waals surface area contributed by atoms with Crippen molar-refractivity contribution >= 4 is 5.97 Å². The van der Waals surface area contributed by atoms with E-state index >= 15 is 0 Å². The molecule has 1 aliphatic rings. The van der Waals surface area contributed by atoms with Crippen LogP contribution in [0.1, 0.15) is 33.6 Å². The number of hydrogen-bond acceptors (Lipinski definition) is 3. The summed E-state index contributed by atoms with van der Waals surface area (Å²) in [5.41, 5.74) is 0. The minimum Gasteiger partial charge on any atom is -0.481 e. The van der Waals surface area contributed by atoms with Crippen molar-refractivity contribution in [3.05, 3.63) is 0 Å². The molecular weight excluding hydrogens is 216 g/mol. The Bertz CT molecular complexity index is 256. The Kier molecular flexibility index (Phi) is 5.40. The van der Waals surface area contributed by atoms with Crippen molar-refractivity contribution in [1.29, 1.82) is 0 Å². The third-order valence-corrected chi connectivity index (χ3v) is 3.40. The Labute approximate surface area is 105 Å². The number of piperazine rings is 1. The first-order valence-corrected chi connectivity index (χ1v) is 6.56. The molecule has 1 N–H and O–H groups in total. The van der Waals surface area contributed by atoms with Gasteiger partial charge in [0.2, 0.25) is 0 Å². The molecule has 1 saturated heterocycles. The summed E-state index contributed by atoms with van der Waals surface area (Å²) in [6.07, 6.45) is 1.04. The second-order valence-electron chi connectivity index (χ2n) is 5.75. The van der Waals surface area contributed by atoms with Crippen LogP contribution in [0.4, 0.5) is 0 Å². The van der Waals surface area contributed by atoms with Crippen LogP contribution < -0.4 is 0 Å². The van der Waals surface area contributed by atoms with Gasteiger partial charge in [-0.1, -0.05) is 13.8 Å². The lowest BCUT2D eigenvalue weighted by atomic mass is 10.0. The Morgan fingerprint density at radius 3 is 2.59 bits per heavy atom. The quantitative estimate of drug-likeness (QED) is 0.793. The predicted molar refractivity (Wildman–Crippen MR) is 69.2 cm³/mol. The number of rotatable bonds is 5. The van der Waals surface area contributed by atoms with Crippen LogP contribution in [0.3, 0.4) is 0 Å². The lowest BCUT2D eigenvalue weighted by Crippen LogP contribution is -2.57. The van der Waals surface area contributed by atoms with Gasteiger partial charge in [0.15, 0.2) is 0 Å². The highest BCUT2D eigenvalue weighted by Gasteiger charge is 2.30. The van der Waals surface area contributed by atoms with Crippen molar-refractivity contribution in [3.63, 3.8) is 0 Å². The molecule has 1 aliphatic heterocycles. The highest BCUT2D eigenvalue weighted by molar-refractivity contribution is 5.66. The Balaban J connectivity index is 2.61. The summed E-state index contributed by atoms with van der Waals surface area (Å²) in [6, 6.07) is 0.914. The average molecular weight is 242 g/mol. The van der Waals surface area contributed by atoms with Gasteiger partial charge in [0.1, 0.15) is 0 Å². The molecule has 2 atom stereocenters. The van der Waals surface area contributed by atoms with E-state index in [4.69, 9.17) is 5.11 Å². The maximum Gasteiger partial charge on any atom is 0.303 e. The third kappa shape index (κ3) is 4.64. The van der Waals surface area contributed by atoms with E-state index in [9.17, 15) is 4.79 Å². The van der Waals surface area contributed by atoms with Crippen LogP contribution in [0.15, 0.2) is 0 Å². The SMILES string of the molecule is CC(C)CN1C(C)CN(C)CC1CCC(=O)O. The standard InChI is InChI=1S/C13H26N2O2/c1-10(2)7-15-11(3)8-14(4)9-12(15)5-6-13(16)17/h10-12H,5-9H2,1-4H3,(H,16,17). The van der Waals surface area contributed by atoms with Gasteiger partial charge in [-0.15, -0.1) is 0 Å². The first-order valence-electron chi connectivity index (χ1n) is 6.56. The van der Waals surface area contributed by atoms with Gasteiger partial charge in [-0.2, -0.15) is 0 Å². The summed E-state index contributed by atoms with van der Waals surface area (Å²) in [7, 11) is 2.12. The van der Waals surface area contributed by atoms with Gasteiger partial charge in [0.25, 0.3) is 0 Å². The second-order valence-corrected chi connectivity index (χ2v) is 5.75. The van der Waals surface area contributed by atoms with Crippen LogP contribution in [0.5, 0.6) is 0 Å². The topological polar surface area (TPSA) is 43.8 Å². The molecule has 0 aromatic carbocycles. The molecule has 0 aliphatic carbocycles. The Hall–Kier alpha value is -0.610. The number of carboxylic acids is 1. The van der Waals surface area contributed by atoms with E-state index in [1.54, 1.807) is 0 Å². The minimum absolute atomic E-state index is 0.278. The summed E-state index contributed by atoms with van der Waals surface area (Å²) in [6.45, 7) is 9.82. The summed E-state index contributed by atoms with van der Waals surface area (Å²) in [5, 5.41) is 8.81. The molecule has 1 heterocycles. The van der Waals surface area contributed by atoms with Crippen LogP contribution in [0.2, 0.25) is 0 Å². The first-order chi connectivity index (χ1) is 7.90. The molecule has 0 aromatic heterocycles. The number of hydrogen-bond donors (Lipinski definition) is 1. The van der Waals surface area contributed by atoms with Crippen molar-refractivity contribution in [3.8, 4) is 0 Å². The molecule has 2 unspecified atom stereocenters. The van der Waals surface area contributed by atoms with Crippen LogP contribution in [-0.2, 0) is 4.79 Å². The molecular formula is C13H26N2O2. The fraction of sp³-hybridized carbons (Fsp3) is 0.923. The highest BCUT2D eigenvalue weighted by Crippen LogP contribution is 2.20. The monoisotopic (exact) mass is 242 g/mol. The molecule has 1 rings (SSSR count). The molecule has 0 amide bonds. The van der Waals surface area contributed by atoms with E-state index in [1.165, 1.54) is 0 Å². The van der Waals surface area contributed by atoms with Crippen LogP contribution in [0, 0.1) is 5.92 Å². The maximum absolute atomic E-state index is 10.7. The smallest absolute Gasteiger partial charge is 0.303 e. The van der Waals surface area contributed by atoms with Gasteiger partial charge in [0, 0.05) is 38.1 Å². The molecule has 0 bridgehead atoms. The molecule has 100 valence electrons. The highest BCUT2D eigenvalue weighted by atomic mass is 16.4. The number of carboxylic acid groups (broad SMARTS) is 1. The van der Waals surface area contributed by atoms with Gasteiger partial charge >= 0.3 is 5.97 Å². The average Bonchev–Trinajstić information content (AvgIpc) is 2.18. The Morgan fingerprint density at radius 2 is 2.06 bits per heavy atom. The molecule has 4 heteroatoms. The van der Waals surface area contributed by atoms with Gasteiger partial charge in [-0.05, 0) is 26.3 Å². The van der Waals surface area contributed by atoms with Crippen molar-refractivity contribution in [2.75, 3.05) is 26.7 Å². The molecule has 1 fully saturated rings. The third-order valence-electron chi connectivity index (χ3n) is 3.40. The van der Waals surface area contributed by atoms with Crippen LogP contribution in [0.25, 0.3) is 0 Å². The zero-order valence-corrected chi connectivity index (χ0v) is 11.5. The second kappa shape index (κ2) is 6.36. The lowest BCUT2D eigenvalue weighted by Gasteiger charge is -2.45.